The van der Waals surface area contributed by atoms with E-state index in [1.54, 1.807) is 0 Å². The molecule has 4 aliphatic rings. The lowest BCUT2D eigenvalue weighted by molar-refractivity contribution is 0.0577. The Bertz CT molecular complexity index is 485. The fourth-order valence-corrected chi connectivity index (χ4v) is 5.08. The molecular formula is C18H27N3. The van der Waals surface area contributed by atoms with Crippen molar-refractivity contribution in [3.8, 4) is 0 Å². The highest BCUT2D eigenvalue weighted by molar-refractivity contribution is 5.06. The SMILES string of the molecule is CC(C)c1nccc(CN2C[C@@H]3C4CCC(CC4)[C@@H]3C2)n1. The van der Waals surface area contributed by atoms with E-state index in [0.717, 1.165) is 36.0 Å². The number of hydrogen-bond donors (Lipinski definition) is 0. The Morgan fingerprint density at radius 2 is 1.71 bits per heavy atom. The minimum Gasteiger partial charge on any atom is -0.297 e. The molecule has 0 amide bonds. The summed E-state index contributed by atoms with van der Waals surface area (Å²) < 4.78 is 0. The summed E-state index contributed by atoms with van der Waals surface area (Å²) in [6, 6.07) is 2.10. The largest absolute Gasteiger partial charge is 0.297 e. The third kappa shape index (κ3) is 2.50. The summed E-state index contributed by atoms with van der Waals surface area (Å²) in [4.78, 5) is 11.8. The number of likely N-dealkylation sites (tertiary alicyclic amines) is 1. The zero-order chi connectivity index (χ0) is 14.4. The summed E-state index contributed by atoms with van der Waals surface area (Å²) >= 11 is 0. The Labute approximate surface area is 128 Å². The molecule has 2 atom stereocenters. The van der Waals surface area contributed by atoms with Crippen molar-refractivity contribution in [2.45, 2.75) is 52.0 Å². The summed E-state index contributed by atoms with van der Waals surface area (Å²) in [5, 5.41) is 0. The first kappa shape index (κ1) is 13.7. The van der Waals surface area contributed by atoms with E-state index in [2.05, 4.69) is 29.8 Å². The number of hydrogen-bond acceptors (Lipinski definition) is 3. The third-order valence-corrected chi connectivity index (χ3v) is 6.15. The Kier molecular flexibility index (Phi) is 3.49. The van der Waals surface area contributed by atoms with Gasteiger partial charge in [-0.05, 0) is 55.4 Å². The predicted octanol–water partition coefficient (Wildman–Crippen LogP) is 3.47. The maximum Gasteiger partial charge on any atom is 0.131 e. The van der Waals surface area contributed by atoms with E-state index in [1.165, 1.54) is 44.5 Å². The molecule has 1 aliphatic heterocycles. The maximum absolute atomic E-state index is 4.75. The zero-order valence-electron chi connectivity index (χ0n) is 13.3. The Balaban J connectivity index is 1.46. The summed E-state index contributed by atoms with van der Waals surface area (Å²) in [6.45, 7) is 7.98. The van der Waals surface area contributed by atoms with Gasteiger partial charge in [0.15, 0.2) is 0 Å². The van der Waals surface area contributed by atoms with Gasteiger partial charge in [0.2, 0.25) is 0 Å². The van der Waals surface area contributed by atoms with Gasteiger partial charge in [-0.2, -0.15) is 0 Å². The molecule has 3 saturated carbocycles. The van der Waals surface area contributed by atoms with E-state index in [-0.39, 0.29) is 0 Å². The topological polar surface area (TPSA) is 29.0 Å². The molecule has 1 aromatic heterocycles. The molecule has 2 bridgehead atoms. The van der Waals surface area contributed by atoms with Crippen LogP contribution < -0.4 is 0 Å². The van der Waals surface area contributed by atoms with E-state index in [1.807, 2.05) is 6.20 Å². The molecule has 3 nitrogen and oxygen atoms in total. The fourth-order valence-electron chi connectivity index (χ4n) is 5.08. The summed E-state index contributed by atoms with van der Waals surface area (Å²) in [6.07, 6.45) is 7.95. The fraction of sp³-hybridized carbons (Fsp3) is 0.778. The van der Waals surface area contributed by atoms with Crippen LogP contribution in [-0.4, -0.2) is 28.0 Å². The van der Waals surface area contributed by atoms with E-state index in [9.17, 15) is 0 Å². The van der Waals surface area contributed by atoms with Crippen LogP contribution in [0.4, 0.5) is 0 Å². The van der Waals surface area contributed by atoms with Crippen LogP contribution in [-0.2, 0) is 6.54 Å². The van der Waals surface area contributed by atoms with Crippen LogP contribution in [0.15, 0.2) is 12.3 Å². The van der Waals surface area contributed by atoms with E-state index < -0.39 is 0 Å². The van der Waals surface area contributed by atoms with Gasteiger partial charge in [-0.1, -0.05) is 13.8 Å². The number of rotatable bonds is 3. The van der Waals surface area contributed by atoms with Gasteiger partial charge in [-0.15, -0.1) is 0 Å². The van der Waals surface area contributed by atoms with Gasteiger partial charge in [-0.3, -0.25) is 4.90 Å². The molecule has 114 valence electrons. The second kappa shape index (κ2) is 5.35. The smallest absolute Gasteiger partial charge is 0.131 e. The molecule has 4 fully saturated rings. The zero-order valence-corrected chi connectivity index (χ0v) is 13.3. The molecule has 21 heavy (non-hydrogen) atoms. The van der Waals surface area contributed by atoms with E-state index in [0.29, 0.717) is 5.92 Å². The first-order valence-electron chi connectivity index (χ1n) is 8.75. The van der Waals surface area contributed by atoms with Gasteiger partial charge in [0.05, 0.1) is 5.69 Å². The van der Waals surface area contributed by atoms with Crippen molar-refractivity contribution in [2.24, 2.45) is 23.7 Å². The monoisotopic (exact) mass is 285 g/mol. The Morgan fingerprint density at radius 1 is 1.10 bits per heavy atom. The van der Waals surface area contributed by atoms with Crippen molar-refractivity contribution in [1.82, 2.24) is 14.9 Å². The van der Waals surface area contributed by atoms with Gasteiger partial charge in [-0.25, -0.2) is 9.97 Å². The van der Waals surface area contributed by atoms with E-state index >= 15 is 0 Å². The van der Waals surface area contributed by atoms with Crippen molar-refractivity contribution in [3.63, 3.8) is 0 Å². The standard InChI is InChI=1S/C18H27N3/c1-12(2)18-19-8-7-15(20-18)9-21-10-16-13-3-4-14(6-5-13)17(16)11-21/h7-8,12-14,16-17H,3-6,9-11H2,1-2H3/t13?,14?,16-,17+. The van der Waals surface area contributed by atoms with Gasteiger partial charge >= 0.3 is 0 Å². The van der Waals surface area contributed by atoms with E-state index in [4.69, 9.17) is 4.98 Å². The van der Waals surface area contributed by atoms with Crippen LogP contribution in [0.2, 0.25) is 0 Å². The average Bonchev–Trinajstić information content (AvgIpc) is 2.94. The van der Waals surface area contributed by atoms with Crippen molar-refractivity contribution in [1.29, 1.82) is 0 Å². The lowest BCUT2D eigenvalue weighted by Crippen LogP contribution is -2.38. The number of fused-ring (bicyclic) bond motifs is 2. The van der Waals surface area contributed by atoms with Crippen molar-refractivity contribution < 1.29 is 0 Å². The molecule has 3 aliphatic carbocycles. The lowest BCUT2D eigenvalue weighted by Gasteiger charge is -2.45. The van der Waals surface area contributed by atoms with Crippen LogP contribution in [0.5, 0.6) is 0 Å². The Hall–Kier alpha value is -0.960. The molecule has 3 heteroatoms. The van der Waals surface area contributed by atoms with Crippen molar-refractivity contribution in [2.75, 3.05) is 13.1 Å². The van der Waals surface area contributed by atoms with Crippen molar-refractivity contribution in [3.05, 3.63) is 23.8 Å². The van der Waals surface area contributed by atoms with Gasteiger partial charge in [0, 0.05) is 31.7 Å². The van der Waals surface area contributed by atoms with Gasteiger partial charge in [0.1, 0.15) is 5.82 Å². The molecule has 0 unspecified atom stereocenters. The highest BCUT2D eigenvalue weighted by atomic mass is 15.2. The molecule has 0 N–H and O–H groups in total. The highest BCUT2D eigenvalue weighted by Crippen LogP contribution is 2.51. The number of aromatic nitrogens is 2. The maximum atomic E-state index is 4.75. The molecule has 0 spiro atoms. The average molecular weight is 285 g/mol. The minimum absolute atomic E-state index is 0.418. The van der Waals surface area contributed by atoms with Crippen LogP contribution >= 0.6 is 0 Å². The van der Waals surface area contributed by atoms with Crippen LogP contribution in [0, 0.1) is 23.7 Å². The third-order valence-electron chi connectivity index (χ3n) is 6.15. The summed E-state index contributed by atoms with van der Waals surface area (Å²) in [7, 11) is 0. The first-order valence-corrected chi connectivity index (χ1v) is 8.75. The quantitative estimate of drug-likeness (QED) is 0.851. The Morgan fingerprint density at radius 3 is 2.29 bits per heavy atom. The molecule has 0 radical (unpaired) electrons. The molecule has 5 rings (SSSR count). The summed E-state index contributed by atoms with van der Waals surface area (Å²) in [5.74, 6) is 5.45. The highest BCUT2D eigenvalue weighted by Gasteiger charge is 2.47. The number of nitrogens with zero attached hydrogens (tertiary/aromatic N) is 3. The predicted molar refractivity (Wildman–Crippen MR) is 83.8 cm³/mol. The molecule has 0 aromatic carbocycles. The first-order chi connectivity index (χ1) is 10.2. The molecule has 1 saturated heterocycles. The molecule has 2 heterocycles. The minimum atomic E-state index is 0.418. The molecule has 1 aromatic rings. The summed E-state index contributed by atoms with van der Waals surface area (Å²) in [5.41, 5.74) is 1.21. The second-order valence-electron chi connectivity index (χ2n) is 7.76. The molecular weight excluding hydrogens is 258 g/mol. The second-order valence-corrected chi connectivity index (χ2v) is 7.76. The normalized spacial score (nSPS) is 35.4. The lowest BCUT2D eigenvalue weighted by atomic mass is 9.60. The van der Waals surface area contributed by atoms with Crippen LogP contribution in [0.3, 0.4) is 0 Å². The van der Waals surface area contributed by atoms with Crippen LogP contribution in [0.25, 0.3) is 0 Å². The van der Waals surface area contributed by atoms with Gasteiger partial charge in [0.25, 0.3) is 0 Å². The van der Waals surface area contributed by atoms with Crippen molar-refractivity contribution >= 4 is 0 Å². The van der Waals surface area contributed by atoms with Crippen LogP contribution in [0.1, 0.15) is 57.0 Å². The van der Waals surface area contributed by atoms with Gasteiger partial charge < -0.3 is 0 Å².